The first-order valence-electron chi connectivity index (χ1n) is 4.82. The van der Waals surface area contributed by atoms with Gasteiger partial charge in [0.15, 0.2) is 0 Å². The van der Waals surface area contributed by atoms with Crippen molar-refractivity contribution in [3.05, 3.63) is 34.4 Å². The fraction of sp³-hybridized carbons (Fsp3) is 0.400. The van der Waals surface area contributed by atoms with Crippen LogP contribution in [0.1, 0.15) is 6.42 Å². The normalized spacial score (nSPS) is 11.3. The summed E-state index contributed by atoms with van der Waals surface area (Å²) in [5.74, 6) is 0. The number of anilines is 1. The van der Waals surface area contributed by atoms with E-state index < -0.39 is 17.5 Å². The second kappa shape index (κ2) is 5.03. The lowest BCUT2D eigenvalue weighted by molar-refractivity contribution is -0.384. The Morgan fingerprint density at radius 3 is 2.24 bits per heavy atom. The molecule has 0 N–H and O–H groups in total. The first-order valence-corrected chi connectivity index (χ1v) is 4.82. The van der Waals surface area contributed by atoms with E-state index in [9.17, 15) is 23.3 Å². The summed E-state index contributed by atoms with van der Waals surface area (Å²) >= 11 is 0. The van der Waals surface area contributed by atoms with Crippen molar-refractivity contribution in [2.24, 2.45) is 0 Å². The van der Waals surface area contributed by atoms with Crippen molar-refractivity contribution in [3.63, 3.8) is 0 Å². The number of nitro groups is 1. The van der Waals surface area contributed by atoms with Crippen LogP contribution in [0.2, 0.25) is 0 Å². The van der Waals surface area contributed by atoms with Crippen LogP contribution in [0.15, 0.2) is 24.3 Å². The minimum atomic E-state index is -4.20. The summed E-state index contributed by atoms with van der Waals surface area (Å²) in [4.78, 5) is 11.2. The Bertz CT molecular complexity index is 390. The third-order valence-corrected chi connectivity index (χ3v) is 2.23. The fourth-order valence-corrected chi connectivity index (χ4v) is 1.25. The molecular weight excluding hydrogens is 237 g/mol. The fourth-order valence-electron chi connectivity index (χ4n) is 1.25. The van der Waals surface area contributed by atoms with Gasteiger partial charge < -0.3 is 4.90 Å². The molecule has 0 atom stereocenters. The van der Waals surface area contributed by atoms with E-state index >= 15 is 0 Å². The summed E-state index contributed by atoms with van der Waals surface area (Å²) < 4.78 is 36.0. The minimum Gasteiger partial charge on any atom is -0.374 e. The van der Waals surface area contributed by atoms with Crippen LogP contribution in [0, 0.1) is 10.1 Å². The van der Waals surface area contributed by atoms with Gasteiger partial charge in [0.25, 0.3) is 5.69 Å². The molecular formula is C10H11F3N2O2. The Balaban J connectivity index is 2.63. The summed E-state index contributed by atoms with van der Waals surface area (Å²) in [6.07, 6.45) is -5.12. The summed E-state index contributed by atoms with van der Waals surface area (Å²) in [6, 6.07) is 5.38. The number of benzene rings is 1. The predicted octanol–water partition coefficient (Wildman–Crippen LogP) is 2.98. The van der Waals surface area contributed by atoms with Crippen molar-refractivity contribution in [1.29, 1.82) is 0 Å². The number of halogens is 3. The van der Waals surface area contributed by atoms with E-state index in [-0.39, 0.29) is 12.2 Å². The van der Waals surface area contributed by atoms with E-state index in [1.165, 1.54) is 36.2 Å². The summed E-state index contributed by atoms with van der Waals surface area (Å²) in [5, 5.41) is 10.4. The van der Waals surface area contributed by atoms with Crippen LogP contribution in [0.4, 0.5) is 24.5 Å². The smallest absolute Gasteiger partial charge is 0.374 e. The minimum absolute atomic E-state index is 0.0852. The van der Waals surface area contributed by atoms with Gasteiger partial charge in [0.1, 0.15) is 0 Å². The number of alkyl halides is 3. The molecule has 1 aromatic carbocycles. The summed E-state index contributed by atoms with van der Waals surface area (Å²) in [7, 11) is 1.51. The lowest BCUT2D eigenvalue weighted by atomic mass is 10.2. The summed E-state index contributed by atoms with van der Waals surface area (Å²) in [6.45, 7) is -0.179. The third-order valence-electron chi connectivity index (χ3n) is 2.23. The van der Waals surface area contributed by atoms with Crippen LogP contribution in [0.25, 0.3) is 0 Å². The number of hydrogen-bond acceptors (Lipinski definition) is 3. The van der Waals surface area contributed by atoms with Gasteiger partial charge in [-0.25, -0.2) is 0 Å². The molecule has 0 unspecified atom stereocenters. The van der Waals surface area contributed by atoms with Gasteiger partial charge in [-0.2, -0.15) is 13.2 Å². The van der Waals surface area contributed by atoms with E-state index in [4.69, 9.17) is 0 Å². The van der Waals surface area contributed by atoms with Gasteiger partial charge in [-0.15, -0.1) is 0 Å². The van der Waals surface area contributed by atoms with Crippen molar-refractivity contribution in [3.8, 4) is 0 Å². The van der Waals surface area contributed by atoms with Crippen LogP contribution >= 0.6 is 0 Å². The van der Waals surface area contributed by atoms with Gasteiger partial charge in [0.05, 0.1) is 11.3 Å². The number of nitro benzene ring substituents is 1. The van der Waals surface area contributed by atoms with Crippen molar-refractivity contribution in [1.82, 2.24) is 0 Å². The number of nitrogens with zero attached hydrogens (tertiary/aromatic N) is 2. The summed E-state index contributed by atoms with van der Waals surface area (Å²) in [5.41, 5.74) is 0.429. The average Bonchev–Trinajstić information content (AvgIpc) is 2.25. The van der Waals surface area contributed by atoms with Gasteiger partial charge in [-0.1, -0.05) is 0 Å². The lowest BCUT2D eigenvalue weighted by Crippen LogP contribution is -2.23. The number of rotatable bonds is 4. The second-order valence-electron chi connectivity index (χ2n) is 3.56. The molecule has 1 rings (SSSR count). The molecule has 7 heteroatoms. The van der Waals surface area contributed by atoms with Gasteiger partial charge in [0.2, 0.25) is 0 Å². The zero-order valence-electron chi connectivity index (χ0n) is 9.07. The molecule has 0 saturated carbocycles. The molecule has 0 radical (unpaired) electrons. The van der Waals surface area contributed by atoms with E-state index in [0.29, 0.717) is 5.69 Å². The standard InChI is InChI=1S/C10H11F3N2O2/c1-14(7-6-10(11,12)13)8-2-4-9(5-3-8)15(16)17/h2-5H,6-7H2,1H3. The monoisotopic (exact) mass is 248 g/mol. The van der Waals surface area contributed by atoms with Crippen LogP contribution in [-0.2, 0) is 0 Å². The van der Waals surface area contributed by atoms with Gasteiger partial charge in [0, 0.05) is 31.4 Å². The van der Waals surface area contributed by atoms with Crippen molar-refractivity contribution in [2.75, 3.05) is 18.5 Å². The maximum atomic E-state index is 12.0. The quantitative estimate of drug-likeness (QED) is 0.607. The predicted molar refractivity (Wildman–Crippen MR) is 57.0 cm³/mol. The molecule has 0 aromatic heterocycles. The van der Waals surface area contributed by atoms with Crippen molar-refractivity contribution < 1.29 is 18.1 Å². The van der Waals surface area contributed by atoms with Crippen molar-refractivity contribution in [2.45, 2.75) is 12.6 Å². The molecule has 1 aromatic rings. The van der Waals surface area contributed by atoms with E-state index in [0.717, 1.165) is 0 Å². The van der Waals surface area contributed by atoms with Gasteiger partial charge in [-0.3, -0.25) is 10.1 Å². The zero-order valence-corrected chi connectivity index (χ0v) is 9.07. The van der Waals surface area contributed by atoms with E-state index in [1.54, 1.807) is 0 Å². The Hall–Kier alpha value is -1.79. The Morgan fingerprint density at radius 1 is 1.29 bits per heavy atom. The Kier molecular flexibility index (Phi) is 3.93. The molecule has 0 aliphatic heterocycles. The maximum Gasteiger partial charge on any atom is 0.390 e. The molecule has 0 fully saturated rings. The highest BCUT2D eigenvalue weighted by Crippen LogP contribution is 2.23. The number of non-ortho nitro benzene ring substituents is 1. The van der Waals surface area contributed by atoms with Crippen molar-refractivity contribution >= 4 is 11.4 Å². The highest BCUT2D eigenvalue weighted by Gasteiger charge is 2.27. The SMILES string of the molecule is CN(CCC(F)(F)F)c1ccc([N+](=O)[O-])cc1. The molecule has 0 heterocycles. The molecule has 0 amide bonds. The molecule has 94 valence electrons. The first kappa shape index (κ1) is 13.3. The topological polar surface area (TPSA) is 46.4 Å². The van der Waals surface area contributed by atoms with Gasteiger partial charge in [-0.05, 0) is 12.1 Å². The molecule has 0 saturated heterocycles. The third kappa shape index (κ3) is 4.29. The highest BCUT2D eigenvalue weighted by atomic mass is 19.4. The van der Waals surface area contributed by atoms with E-state index in [1.807, 2.05) is 0 Å². The zero-order chi connectivity index (χ0) is 13.1. The van der Waals surface area contributed by atoms with Gasteiger partial charge >= 0.3 is 6.18 Å². The Morgan fingerprint density at radius 2 is 1.82 bits per heavy atom. The molecule has 0 aliphatic rings. The lowest BCUT2D eigenvalue weighted by Gasteiger charge is -2.19. The molecule has 0 aliphatic carbocycles. The van der Waals surface area contributed by atoms with Crippen LogP contribution in [0.5, 0.6) is 0 Å². The number of hydrogen-bond donors (Lipinski definition) is 0. The average molecular weight is 248 g/mol. The first-order chi connectivity index (χ1) is 7.79. The molecule has 4 nitrogen and oxygen atoms in total. The van der Waals surface area contributed by atoms with Crippen LogP contribution in [0.3, 0.4) is 0 Å². The Labute approximate surface area is 95.8 Å². The maximum absolute atomic E-state index is 12.0. The highest BCUT2D eigenvalue weighted by molar-refractivity contribution is 5.50. The van der Waals surface area contributed by atoms with E-state index in [2.05, 4.69) is 0 Å². The van der Waals surface area contributed by atoms with Crippen LogP contribution in [-0.4, -0.2) is 24.7 Å². The molecule has 0 spiro atoms. The largest absolute Gasteiger partial charge is 0.390 e. The molecule has 17 heavy (non-hydrogen) atoms. The molecule has 0 bridgehead atoms. The van der Waals surface area contributed by atoms with Crippen LogP contribution < -0.4 is 4.90 Å². The second-order valence-corrected chi connectivity index (χ2v) is 3.56.